The standard InChI is InChI=1S/C32H38N2O10S/c1-3-4-15-33-24-16-22(32(39)42-18-21-11-7-5-8-12-21)17-26(30(24)43-23-13-9-6-10-14-23)45(40)34-31-29(38)28(37)27(36)25(44-31)19-41-20(2)35/h5-14,16-17,25,27-29,31,33-34,36-38H,3-4,15,18-19H2,1-2H3/t25-,27-,28+,29-,31?,45?/m1/s1. The Morgan fingerprint density at radius 3 is 2.29 bits per heavy atom. The van der Waals surface area contributed by atoms with Gasteiger partial charge in [-0.15, -0.1) is 0 Å². The van der Waals surface area contributed by atoms with E-state index in [0.717, 1.165) is 18.4 Å². The van der Waals surface area contributed by atoms with E-state index in [2.05, 4.69) is 10.0 Å². The van der Waals surface area contributed by atoms with Gasteiger partial charge in [0.05, 0.1) is 16.1 Å². The number of ether oxygens (including phenoxy) is 4. The SMILES string of the molecule is CCCCNc1cc(C(=O)OCc2ccccc2)cc(S(=O)NC2O[C@H](COC(C)=O)[C@@H](O)[C@H](O)[C@H]2O)c1Oc1ccccc1. The first-order chi connectivity index (χ1) is 21.7. The van der Waals surface area contributed by atoms with Crippen LogP contribution >= 0.6 is 0 Å². The van der Waals surface area contributed by atoms with Crippen molar-refractivity contribution in [1.82, 2.24) is 4.72 Å². The van der Waals surface area contributed by atoms with Crippen LogP contribution in [0.4, 0.5) is 5.69 Å². The molecule has 0 radical (unpaired) electrons. The first-order valence-electron chi connectivity index (χ1n) is 14.5. The monoisotopic (exact) mass is 642 g/mol. The van der Waals surface area contributed by atoms with Gasteiger partial charge in [-0.3, -0.25) is 4.79 Å². The maximum absolute atomic E-state index is 14.0. The van der Waals surface area contributed by atoms with E-state index in [1.165, 1.54) is 13.0 Å². The Hall–Kier alpha value is -3.85. The van der Waals surface area contributed by atoms with E-state index < -0.39 is 60.2 Å². The molecule has 1 fully saturated rings. The fourth-order valence-corrected chi connectivity index (χ4v) is 5.55. The van der Waals surface area contributed by atoms with Crippen molar-refractivity contribution in [3.63, 3.8) is 0 Å². The molecule has 0 spiro atoms. The van der Waals surface area contributed by atoms with Crippen molar-refractivity contribution in [2.24, 2.45) is 0 Å². The number of carbonyl (C=O) groups is 2. The summed E-state index contributed by atoms with van der Waals surface area (Å²) in [4.78, 5) is 24.6. The number of carbonyl (C=O) groups excluding carboxylic acids is 2. The van der Waals surface area contributed by atoms with Gasteiger partial charge in [0.15, 0.2) is 5.75 Å². The minimum atomic E-state index is -2.23. The first kappa shape index (κ1) is 34.0. The van der Waals surface area contributed by atoms with Crippen molar-refractivity contribution >= 4 is 28.6 Å². The van der Waals surface area contributed by atoms with Gasteiger partial charge in [0, 0.05) is 13.5 Å². The lowest BCUT2D eigenvalue weighted by Crippen LogP contribution is -2.62. The van der Waals surface area contributed by atoms with E-state index in [1.807, 2.05) is 43.3 Å². The highest BCUT2D eigenvalue weighted by Crippen LogP contribution is 2.37. The number of unbranched alkanes of at least 4 members (excludes halogenated alkanes) is 1. The van der Waals surface area contributed by atoms with Crippen LogP contribution in [0.15, 0.2) is 77.7 Å². The van der Waals surface area contributed by atoms with Gasteiger partial charge in [0.1, 0.15) is 60.6 Å². The molecule has 1 aliphatic rings. The smallest absolute Gasteiger partial charge is 0.338 e. The van der Waals surface area contributed by atoms with Crippen molar-refractivity contribution in [1.29, 1.82) is 0 Å². The predicted octanol–water partition coefficient (Wildman–Crippen LogP) is 3.03. The molecule has 3 aromatic carbocycles. The summed E-state index contributed by atoms with van der Waals surface area (Å²) < 4.78 is 38.9. The molecule has 1 aliphatic heterocycles. The van der Waals surface area contributed by atoms with Gasteiger partial charge in [-0.25, -0.2) is 13.7 Å². The topological polar surface area (TPSA) is 173 Å². The highest BCUT2D eigenvalue weighted by molar-refractivity contribution is 7.83. The lowest BCUT2D eigenvalue weighted by atomic mass is 9.99. The van der Waals surface area contributed by atoms with Crippen LogP contribution in [0.1, 0.15) is 42.6 Å². The minimum Gasteiger partial charge on any atom is -0.463 e. The quantitative estimate of drug-likeness (QED) is 0.129. The van der Waals surface area contributed by atoms with Gasteiger partial charge in [-0.2, -0.15) is 0 Å². The Bertz CT molecular complexity index is 1440. The normalized spacial score (nSPS) is 21.8. The summed E-state index contributed by atoms with van der Waals surface area (Å²) in [5.41, 5.74) is 1.25. The number of nitrogens with one attached hydrogen (secondary N) is 2. The molecule has 0 bridgehead atoms. The maximum atomic E-state index is 14.0. The lowest BCUT2D eigenvalue weighted by Gasteiger charge is -2.40. The Morgan fingerprint density at radius 1 is 0.933 bits per heavy atom. The lowest BCUT2D eigenvalue weighted by molar-refractivity contribution is -0.233. The van der Waals surface area contributed by atoms with Gasteiger partial charge in [0.25, 0.3) is 0 Å². The summed E-state index contributed by atoms with van der Waals surface area (Å²) in [6.45, 7) is 3.32. The first-order valence-corrected chi connectivity index (χ1v) is 15.7. The van der Waals surface area contributed by atoms with Crippen LogP contribution in [0, 0.1) is 0 Å². The van der Waals surface area contributed by atoms with Crippen molar-refractivity contribution in [3.05, 3.63) is 83.9 Å². The number of aliphatic hydroxyl groups is 3. The number of benzene rings is 3. The second-order valence-corrected chi connectivity index (χ2v) is 11.6. The van der Waals surface area contributed by atoms with Gasteiger partial charge < -0.3 is 39.6 Å². The van der Waals surface area contributed by atoms with E-state index >= 15 is 0 Å². The molecule has 6 atom stereocenters. The Balaban J connectivity index is 1.69. The molecule has 1 heterocycles. The van der Waals surface area contributed by atoms with Crippen LogP contribution in [0.2, 0.25) is 0 Å². The Morgan fingerprint density at radius 2 is 1.62 bits per heavy atom. The van der Waals surface area contributed by atoms with E-state index in [0.29, 0.717) is 18.0 Å². The molecule has 0 saturated carbocycles. The average Bonchev–Trinajstić information content (AvgIpc) is 3.04. The summed E-state index contributed by atoms with van der Waals surface area (Å²) in [6, 6.07) is 20.8. The fraction of sp³-hybridized carbons (Fsp3) is 0.375. The molecule has 4 rings (SSSR count). The predicted molar refractivity (Wildman–Crippen MR) is 165 cm³/mol. The molecule has 242 valence electrons. The fourth-order valence-electron chi connectivity index (χ4n) is 4.46. The molecule has 0 amide bonds. The van der Waals surface area contributed by atoms with Crippen LogP contribution in [0.3, 0.4) is 0 Å². The molecule has 5 N–H and O–H groups in total. The van der Waals surface area contributed by atoms with Gasteiger partial charge in [-0.05, 0) is 36.2 Å². The molecule has 0 aromatic heterocycles. The third kappa shape index (κ3) is 9.33. The van der Waals surface area contributed by atoms with Crippen molar-refractivity contribution in [2.75, 3.05) is 18.5 Å². The summed E-state index contributed by atoms with van der Waals surface area (Å²) in [7, 11) is -2.23. The molecule has 3 aromatic rings. The third-order valence-corrected chi connectivity index (χ3v) is 8.05. The number of esters is 2. The van der Waals surface area contributed by atoms with E-state index in [9.17, 15) is 29.1 Å². The van der Waals surface area contributed by atoms with E-state index in [1.54, 1.807) is 30.3 Å². The van der Waals surface area contributed by atoms with Crippen molar-refractivity contribution < 1.29 is 48.1 Å². The summed E-state index contributed by atoms with van der Waals surface area (Å²) in [5, 5.41) is 34.7. The Kier molecular flexibility index (Phi) is 12.4. The molecule has 0 aliphatic carbocycles. The summed E-state index contributed by atoms with van der Waals surface area (Å²) >= 11 is 0. The third-order valence-electron chi connectivity index (χ3n) is 6.90. The van der Waals surface area contributed by atoms with E-state index in [-0.39, 0.29) is 22.8 Å². The maximum Gasteiger partial charge on any atom is 0.338 e. The number of rotatable bonds is 14. The molecule has 2 unspecified atom stereocenters. The molecule has 13 heteroatoms. The number of para-hydroxylation sites is 1. The Labute approximate surface area is 263 Å². The summed E-state index contributed by atoms with van der Waals surface area (Å²) in [6.07, 6.45) is -6.01. The zero-order valence-corrected chi connectivity index (χ0v) is 25.8. The highest BCUT2D eigenvalue weighted by atomic mass is 32.2. The van der Waals surface area contributed by atoms with Crippen LogP contribution in [-0.4, -0.2) is 75.3 Å². The van der Waals surface area contributed by atoms with Gasteiger partial charge >= 0.3 is 11.9 Å². The van der Waals surface area contributed by atoms with Crippen LogP contribution < -0.4 is 14.8 Å². The number of anilines is 1. The largest absolute Gasteiger partial charge is 0.463 e. The highest BCUT2D eigenvalue weighted by Gasteiger charge is 2.45. The van der Waals surface area contributed by atoms with Crippen molar-refractivity contribution in [3.8, 4) is 11.5 Å². The molecule has 45 heavy (non-hydrogen) atoms. The minimum absolute atomic E-state index is 0.0139. The van der Waals surface area contributed by atoms with Crippen molar-refractivity contribution in [2.45, 2.75) is 68.8 Å². The molecule has 12 nitrogen and oxygen atoms in total. The number of hydrogen-bond acceptors (Lipinski definition) is 11. The molecular weight excluding hydrogens is 604 g/mol. The number of aliphatic hydroxyl groups excluding tert-OH is 3. The van der Waals surface area contributed by atoms with Crippen LogP contribution in [0.5, 0.6) is 11.5 Å². The van der Waals surface area contributed by atoms with E-state index in [4.69, 9.17) is 18.9 Å². The second-order valence-electron chi connectivity index (χ2n) is 10.4. The summed E-state index contributed by atoms with van der Waals surface area (Å²) in [5.74, 6) is -0.732. The van der Waals surface area contributed by atoms with Crippen LogP contribution in [-0.2, 0) is 36.6 Å². The molecular formula is C32H38N2O10S. The van der Waals surface area contributed by atoms with Gasteiger partial charge in [0.2, 0.25) is 0 Å². The average molecular weight is 643 g/mol. The zero-order chi connectivity index (χ0) is 32.3. The zero-order valence-electron chi connectivity index (χ0n) is 25.0. The number of hydrogen-bond donors (Lipinski definition) is 5. The van der Waals surface area contributed by atoms with Crippen LogP contribution in [0.25, 0.3) is 0 Å². The van der Waals surface area contributed by atoms with Gasteiger partial charge in [-0.1, -0.05) is 61.9 Å². The second kappa shape index (κ2) is 16.5. The molecule has 1 saturated heterocycles.